The van der Waals surface area contributed by atoms with Gasteiger partial charge in [0.05, 0.1) is 6.04 Å². The van der Waals surface area contributed by atoms with E-state index in [-0.39, 0.29) is 0 Å². The molecule has 1 aliphatic carbocycles. The van der Waals surface area contributed by atoms with Crippen LogP contribution in [0.5, 0.6) is 0 Å². The van der Waals surface area contributed by atoms with E-state index in [0.29, 0.717) is 23.4 Å². The molecule has 1 fully saturated rings. The summed E-state index contributed by atoms with van der Waals surface area (Å²) in [5, 5.41) is 3.55. The molecule has 3 heteroatoms. The molecule has 0 bridgehead atoms. The van der Waals surface area contributed by atoms with Crippen molar-refractivity contribution in [2.45, 2.75) is 65.0 Å². The highest BCUT2D eigenvalue weighted by Crippen LogP contribution is 2.41. The first-order valence-electron chi connectivity index (χ1n) is 7.17. The first kappa shape index (κ1) is 13.6. The quantitative estimate of drug-likeness (QED) is 0.890. The van der Waals surface area contributed by atoms with Crippen LogP contribution in [0.1, 0.15) is 64.7 Å². The Bertz CT molecular complexity index is 392. The van der Waals surface area contributed by atoms with Gasteiger partial charge in [-0.05, 0) is 25.3 Å². The van der Waals surface area contributed by atoms with Crippen LogP contribution in [0.15, 0.2) is 12.4 Å². The molecule has 1 heterocycles. The number of aromatic nitrogens is 2. The first-order chi connectivity index (χ1) is 8.47. The van der Waals surface area contributed by atoms with Crippen molar-refractivity contribution in [3.63, 3.8) is 0 Å². The molecule has 2 unspecified atom stereocenters. The van der Waals surface area contributed by atoms with E-state index >= 15 is 0 Å². The Morgan fingerprint density at radius 1 is 1.44 bits per heavy atom. The van der Waals surface area contributed by atoms with Gasteiger partial charge in [-0.3, -0.25) is 0 Å². The highest BCUT2D eigenvalue weighted by molar-refractivity contribution is 5.05. The van der Waals surface area contributed by atoms with Crippen LogP contribution in [-0.4, -0.2) is 22.6 Å². The van der Waals surface area contributed by atoms with Crippen LogP contribution >= 0.6 is 0 Å². The SMILES string of the molecule is CNC1C(n2ccnc2C(C)C)CCCC1(C)C. The maximum atomic E-state index is 4.54. The molecular weight excluding hydrogens is 222 g/mol. The second kappa shape index (κ2) is 5.04. The Hall–Kier alpha value is -0.830. The fourth-order valence-electron chi connectivity index (χ4n) is 3.54. The Kier molecular flexibility index (Phi) is 3.81. The zero-order valence-electron chi connectivity index (χ0n) is 12.4. The van der Waals surface area contributed by atoms with Gasteiger partial charge in [0, 0.05) is 24.4 Å². The molecular formula is C15H27N3. The van der Waals surface area contributed by atoms with Crippen LogP contribution < -0.4 is 5.32 Å². The zero-order chi connectivity index (χ0) is 13.3. The fraction of sp³-hybridized carbons (Fsp3) is 0.800. The molecule has 3 nitrogen and oxygen atoms in total. The van der Waals surface area contributed by atoms with Crippen LogP contribution in [0.2, 0.25) is 0 Å². The van der Waals surface area contributed by atoms with E-state index in [0.717, 1.165) is 0 Å². The van der Waals surface area contributed by atoms with Gasteiger partial charge in [0.15, 0.2) is 0 Å². The van der Waals surface area contributed by atoms with E-state index in [1.807, 2.05) is 6.20 Å². The lowest BCUT2D eigenvalue weighted by molar-refractivity contribution is 0.117. The number of nitrogens with zero attached hydrogens (tertiary/aromatic N) is 2. The molecule has 2 atom stereocenters. The predicted octanol–water partition coefficient (Wildman–Crippen LogP) is 3.35. The summed E-state index contributed by atoms with van der Waals surface area (Å²) in [5.74, 6) is 1.71. The second-order valence-corrected chi connectivity index (χ2v) is 6.56. The van der Waals surface area contributed by atoms with E-state index in [1.54, 1.807) is 0 Å². The summed E-state index contributed by atoms with van der Waals surface area (Å²) < 4.78 is 2.41. The molecule has 1 saturated carbocycles. The maximum absolute atomic E-state index is 4.54. The minimum atomic E-state index is 0.357. The number of hydrogen-bond donors (Lipinski definition) is 1. The van der Waals surface area contributed by atoms with Crippen LogP contribution in [0.25, 0.3) is 0 Å². The van der Waals surface area contributed by atoms with Gasteiger partial charge in [0.25, 0.3) is 0 Å². The van der Waals surface area contributed by atoms with Crippen molar-refractivity contribution in [1.29, 1.82) is 0 Å². The second-order valence-electron chi connectivity index (χ2n) is 6.56. The lowest BCUT2D eigenvalue weighted by atomic mass is 9.70. The Balaban J connectivity index is 2.33. The molecule has 0 radical (unpaired) electrons. The maximum Gasteiger partial charge on any atom is 0.111 e. The van der Waals surface area contributed by atoms with Gasteiger partial charge in [0.1, 0.15) is 5.82 Å². The summed E-state index contributed by atoms with van der Waals surface area (Å²) in [6.45, 7) is 9.21. The van der Waals surface area contributed by atoms with Crippen LogP contribution in [-0.2, 0) is 0 Å². The van der Waals surface area contributed by atoms with Crippen molar-refractivity contribution in [2.75, 3.05) is 7.05 Å². The molecule has 0 amide bonds. The number of hydrogen-bond acceptors (Lipinski definition) is 2. The summed E-state index contributed by atoms with van der Waals surface area (Å²) in [4.78, 5) is 4.54. The molecule has 1 aliphatic rings. The van der Waals surface area contributed by atoms with Crippen LogP contribution in [0.3, 0.4) is 0 Å². The molecule has 1 aromatic heterocycles. The summed E-state index contributed by atoms with van der Waals surface area (Å²) in [5.41, 5.74) is 0.357. The van der Waals surface area contributed by atoms with E-state index in [4.69, 9.17) is 0 Å². The third-order valence-corrected chi connectivity index (χ3v) is 4.43. The molecule has 102 valence electrons. The van der Waals surface area contributed by atoms with Crippen molar-refractivity contribution in [3.05, 3.63) is 18.2 Å². The van der Waals surface area contributed by atoms with Crippen LogP contribution in [0.4, 0.5) is 0 Å². The third-order valence-electron chi connectivity index (χ3n) is 4.43. The Morgan fingerprint density at radius 2 is 2.17 bits per heavy atom. The van der Waals surface area contributed by atoms with E-state index in [1.165, 1.54) is 25.1 Å². The number of likely N-dealkylation sites (N-methyl/N-ethyl adjacent to an activating group) is 1. The molecule has 1 aromatic rings. The van der Waals surface area contributed by atoms with Crippen molar-refractivity contribution < 1.29 is 0 Å². The van der Waals surface area contributed by atoms with Crippen molar-refractivity contribution in [2.24, 2.45) is 5.41 Å². The highest BCUT2D eigenvalue weighted by Gasteiger charge is 2.39. The molecule has 0 saturated heterocycles. The van der Waals surface area contributed by atoms with E-state index in [9.17, 15) is 0 Å². The van der Waals surface area contributed by atoms with Crippen molar-refractivity contribution in [3.8, 4) is 0 Å². The average Bonchev–Trinajstić information content (AvgIpc) is 2.76. The first-order valence-corrected chi connectivity index (χ1v) is 7.17. The minimum Gasteiger partial charge on any atom is -0.330 e. The minimum absolute atomic E-state index is 0.357. The lowest BCUT2D eigenvalue weighted by Gasteiger charge is -2.45. The van der Waals surface area contributed by atoms with Crippen molar-refractivity contribution >= 4 is 0 Å². The average molecular weight is 249 g/mol. The summed E-state index contributed by atoms with van der Waals surface area (Å²) in [6.07, 6.45) is 7.98. The summed E-state index contributed by atoms with van der Waals surface area (Å²) in [6, 6.07) is 1.07. The number of imidazole rings is 1. The van der Waals surface area contributed by atoms with Gasteiger partial charge >= 0.3 is 0 Å². The molecule has 0 aromatic carbocycles. The smallest absolute Gasteiger partial charge is 0.111 e. The molecule has 2 rings (SSSR count). The van der Waals surface area contributed by atoms with Gasteiger partial charge < -0.3 is 9.88 Å². The van der Waals surface area contributed by atoms with Gasteiger partial charge in [-0.25, -0.2) is 4.98 Å². The van der Waals surface area contributed by atoms with E-state index < -0.39 is 0 Å². The fourth-order valence-corrected chi connectivity index (χ4v) is 3.54. The van der Waals surface area contributed by atoms with Gasteiger partial charge in [-0.15, -0.1) is 0 Å². The van der Waals surface area contributed by atoms with Crippen molar-refractivity contribution in [1.82, 2.24) is 14.9 Å². The van der Waals surface area contributed by atoms with Crippen LogP contribution in [0, 0.1) is 5.41 Å². The normalized spacial score (nSPS) is 27.7. The molecule has 0 spiro atoms. The summed E-state index contributed by atoms with van der Waals surface area (Å²) >= 11 is 0. The van der Waals surface area contributed by atoms with Gasteiger partial charge in [0.2, 0.25) is 0 Å². The van der Waals surface area contributed by atoms with Gasteiger partial charge in [-0.2, -0.15) is 0 Å². The van der Waals surface area contributed by atoms with E-state index in [2.05, 4.69) is 55.8 Å². The lowest BCUT2D eigenvalue weighted by Crippen LogP contribution is -2.49. The number of nitrogens with one attached hydrogen (secondary N) is 1. The summed E-state index contributed by atoms with van der Waals surface area (Å²) in [7, 11) is 2.09. The highest BCUT2D eigenvalue weighted by atomic mass is 15.1. The third kappa shape index (κ3) is 2.33. The monoisotopic (exact) mass is 249 g/mol. The topological polar surface area (TPSA) is 29.9 Å². The standard InChI is InChI=1S/C15H27N3/c1-11(2)14-17-9-10-18(14)12-7-6-8-15(3,4)13(12)16-5/h9-13,16H,6-8H2,1-5H3. The Morgan fingerprint density at radius 3 is 2.78 bits per heavy atom. The molecule has 1 N–H and O–H groups in total. The molecule has 0 aliphatic heterocycles. The van der Waals surface area contributed by atoms with Gasteiger partial charge in [-0.1, -0.05) is 34.1 Å². The number of rotatable bonds is 3. The molecule has 18 heavy (non-hydrogen) atoms. The Labute approximate surface area is 111 Å². The predicted molar refractivity (Wildman–Crippen MR) is 75.8 cm³/mol. The zero-order valence-corrected chi connectivity index (χ0v) is 12.4. The largest absolute Gasteiger partial charge is 0.330 e.